The largest absolute Gasteiger partial charge is 0.463 e. The van der Waals surface area contributed by atoms with E-state index in [9.17, 15) is 9.59 Å². The number of hydrogen-bond acceptors (Lipinski definition) is 4. The van der Waals surface area contributed by atoms with Crippen molar-refractivity contribution in [2.24, 2.45) is 0 Å². The van der Waals surface area contributed by atoms with Gasteiger partial charge in [0.25, 0.3) is 5.56 Å². The van der Waals surface area contributed by atoms with Crippen LogP contribution in [-0.4, -0.2) is 21.7 Å². The van der Waals surface area contributed by atoms with Crippen molar-refractivity contribution in [3.63, 3.8) is 0 Å². The molecule has 2 heterocycles. The lowest BCUT2D eigenvalue weighted by atomic mass is 10.2. The molecular weight excluding hydrogens is 282 g/mol. The maximum atomic E-state index is 11.8. The van der Waals surface area contributed by atoms with Crippen molar-refractivity contribution in [1.29, 1.82) is 0 Å². The fraction of sp³-hybridized carbons (Fsp3) is 0.438. The number of amides is 1. The van der Waals surface area contributed by atoms with Crippen LogP contribution in [0.15, 0.2) is 39.7 Å². The van der Waals surface area contributed by atoms with Gasteiger partial charge in [-0.2, -0.15) is 5.10 Å². The average molecular weight is 303 g/mol. The molecule has 0 spiro atoms. The fourth-order valence-corrected chi connectivity index (χ4v) is 2.00. The molecule has 118 valence electrons. The molecule has 0 aromatic carbocycles. The van der Waals surface area contributed by atoms with E-state index >= 15 is 0 Å². The quantitative estimate of drug-likeness (QED) is 0.850. The smallest absolute Gasteiger partial charge is 0.266 e. The van der Waals surface area contributed by atoms with Crippen molar-refractivity contribution in [3.05, 3.63) is 40.9 Å². The van der Waals surface area contributed by atoms with Gasteiger partial charge >= 0.3 is 0 Å². The van der Waals surface area contributed by atoms with Crippen molar-refractivity contribution >= 4 is 5.91 Å². The normalized spacial score (nSPS) is 12.1. The number of carbonyl (C=O) groups excluding carboxylic acids is 1. The lowest BCUT2D eigenvalue weighted by molar-refractivity contribution is -0.121. The first-order chi connectivity index (χ1) is 10.6. The third-order valence-electron chi connectivity index (χ3n) is 3.43. The van der Waals surface area contributed by atoms with E-state index in [2.05, 4.69) is 10.4 Å². The van der Waals surface area contributed by atoms with Gasteiger partial charge in [-0.15, -0.1) is 0 Å². The molecule has 0 radical (unpaired) electrons. The fourth-order valence-electron chi connectivity index (χ4n) is 2.00. The first-order valence-corrected chi connectivity index (χ1v) is 7.51. The predicted molar refractivity (Wildman–Crippen MR) is 83.3 cm³/mol. The monoisotopic (exact) mass is 303 g/mol. The number of carbonyl (C=O) groups is 1. The van der Waals surface area contributed by atoms with Crippen LogP contribution in [0, 0.1) is 0 Å². The third kappa shape index (κ3) is 4.31. The summed E-state index contributed by atoms with van der Waals surface area (Å²) in [5.41, 5.74) is 0.422. The third-order valence-corrected chi connectivity index (χ3v) is 3.43. The highest BCUT2D eigenvalue weighted by molar-refractivity contribution is 5.76. The van der Waals surface area contributed by atoms with Crippen molar-refractivity contribution in [3.8, 4) is 11.5 Å². The molecule has 1 N–H and O–H groups in total. The Bertz CT molecular complexity index is 662. The predicted octanol–water partition coefficient (Wildman–Crippen LogP) is 2.20. The first-order valence-electron chi connectivity index (χ1n) is 7.51. The molecule has 0 aliphatic heterocycles. The summed E-state index contributed by atoms with van der Waals surface area (Å²) in [6.45, 7) is 4.40. The number of rotatable bonds is 7. The van der Waals surface area contributed by atoms with Crippen LogP contribution in [0.2, 0.25) is 0 Å². The van der Waals surface area contributed by atoms with E-state index in [1.807, 2.05) is 13.8 Å². The highest BCUT2D eigenvalue weighted by atomic mass is 16.3. The summed E-state index contributed by atoms with van der Waals surface area (Å²) in [5.74, 6) is 0.618. The molecule has 1 amide bonds. The number of aromatic nitrogens is 2. The summed E-state index contributed by atoms with van der Waals surface area (Å²) < 4.78 is 6.64. The molecule has 6 heteroatoms. The Morgan fingerprint density at radius 3 is 2.91 bits per heavy atom. The molecule has 0 aliphatic carbocycles. The van der Waals surface area contributed by atoms with E-state index in [0.717, 1.165) is 6.42 Å². The second-order valence-corrected chi connectivity index (χ2v) is 5.24. The molecule has 0 saturated heterocycles. The number of nitrogens with zero attached hydrogens (tertiary/aromatic N) is 2. The highest BCUT2D eigenvalue weighted by Gasteiger charge is 2.08. The number of hydrogen-bond donors (Lipinski definition) is 1. The lowest BCUT2D eigenvalue weighted by Crippen LogP contribution is -2.32. The Morgan fingerprint density at radius 1 is 1.41 bits per heavy atom. The van der Waals surface area contributed by atoms with Crippen LogP contribution in [0.1, 0.15) is 33.1 Å². The minimum atomic E-state index is -0.183. The summed E-state index contributed by atoms with van der Waals surface area (Å²) in [4.78, 5) is 23.5. The zero-order chi connectivity index (χ0) is 15.9. The highest BCUT2D eigenvalue weighted by Crippen LogP contribution is 2.15. The Balaban J connectivity index is 1.94. The zero-order valence-electron chi connectivity index (χ0n) is 12.9. The van der Waals surface area contributed by atoms with Crippen LogP contribution in [0.3, 0.4) is 0 Å². The molecule has 2 aromatic heterocycles. The van der Waals surface area contributed by atoms with Gasteiger partial charge in [0.2, 0.25) is 5.91 Å². The van der Waals surface area contributed by atoms with Crippen LogP contribution in [0.25, 0.3) is 11.5 Å². The molecule has 6 nitrogen and oxygen atoms in total. The zero-order valence-corrected chi connectivity index (χ0v) is 12.9. The second kappa shape index (κ2) is 7.59. The van der Waals surface area contributed by atoms with Gasteiger partial charge in [0.15, 0.2) is 5.76 Å². The minimum absolute atomic E-state index is 0.00425. The molecule has 0 saturated carbocycles. The van der Waals surface area contributed by atoms with E-state index in [1.54, 1.807) is 24.5 Å². The molecule has 2 rings (SSSR count). The molecule has 22 heavy (non-hydrogen) atoms. The molecule has 2 aromatic rings. The van der Waals surface area contributed by atoms with Gasteiger partial charge in [-0.25, -0.2) is 4.68 Å². The maximum Gasteiger partial charge on any atom is 0.266 e. The summed E-state index contributed by atoms with van der Waals surface area (Å²) in [6.07, 6.45) is 3.41. The van der Waals surface area contributed by atoms with E-state index in [4.69, 9.17) is 4.42 Å². The van der Waals surface area contributed by atoms with Gasteiger partial charge < -0.3 is 9.73 Å². The number of aryl methyl sites for hydroxylation is 1. The molecule has 1 unspecified atom stereocenters. The van der Waals surface area contributed by atoms with Crippen molar-refractivity contribution in [1.82, 2.24) is 15.1 Å². The van der Waals surface area contributed by atoms with Gasteiger partial charge in [-0.05, 0) is 38.0 Å². The molecule has 0 fully saturated rings. The summed E-state index contributed by atoms with van der Waals surface area (Å²) in [5, 5.41) is 7.17. The van der Waals surface area contributed by atoms with E-state index in [1.165, 1.54) is 10.7 Å². The van der Waals surface area contributed by atoms with Gasteiger partial charge in [0.05, 0.1) is 6.26 Å². The molecule has 1 atom stereocenters. The second-order valence-electron chi connectivity index (χ2n) is 5.24. The lowest BCUT2D eigenvalue weighted by Gasteiger charge is -2.11. The molecular formula is C16H21N3O3. The average Bonchev–Trinajstić information content (AvgIpc) is 3.03. The van der Waals surface area contributed by atoms with Gasteiger partial charge in [0, 0.05) is 25.1 Å². The Morgan fingerprint density at radius 2 is 2.23 bits per heavy atom. The standard InChI is InChI=1S/C16H21N3O3/c1-3-12(2)17-15(20)7-4-10-19-16(21)9-8-13(18-19)14-6-5-11-22-14/h5-6,8-9,11-12H,3-4,7,10H2,1-2H3,(H,17,20). The van der Waals surface area contributed by atoms with Gasteiger partial charge in [0.1, 0.15) is 5.69 Å². The SMILES string of the molecule is CCC(C)NC(=O)CCCn1nc(-c2ccco2)ccc1=O. The topological polar surface area (TPSA) is 77.1 Å². The van der Waals surface area contributed by atoms with Gasteiger partial charge in [-0.1, -0.05) is 6.92 Å². The van der Waals surface area contributed by atoms with Crippen LogP contribution < -0.4 is 10.9 Å². The number of nitrogens with one attached hydrogen (secondary N) is 1. The maximum absolute atomic E-state index is 11.8. The van der Waals surface area contributed by atoms with E-state index in [-0.39, 0.29) is 17.5 Å². The molecule has 0 aliphatic rings. The van der Waals surface area contributed by atoms with Crippen LogP contribution in [-0.2, 0) is 11.3 Å². The summed E-state index contributed by atoms with van der Waals surface area (Å²) in [6, 6.07) is 6.83. The number of furan rings is 1. The van der Waals surface area contributed by atoms with Crippen LogP contribution in [0.5, 0.6) is 0 Å². The first kappa shape index (κ1) is 16.0. The van der Waals surface area contributed by atoms with Crippen molar-refractivity contribution in [2.75, 3.05) is 0 Å². The summed E-state index contributed by atoms with van der Waals surface area (Å²) >= 11 is 0. The Kier molecular flexibility index (Phi) is 5.52. The Hall–Kier alpha value is -2.37. The van der Waals surface area contributed by atoms with Crippen molar-refractivity contribution < 1.29 is 9.21 Å². The van der Waals surface area contributed by atoms with Crippen LogP contribution >= 0.6 is 0 Å². The minimum Gasteiger partial charge on any atom is -0.463 e. The molecule has 0 bridgehead atoms. The summed E-state index contributed by atoms with van der Waals surface area (Å²) in [7, 11) is 0. The van der Waals surface area contributed by atoms with E-state index < -0.39 is 0 Å². The Labute approximate surface area is 129 Å². The van der Waals surface area contributed by atoms with Crippen LogP contribution in [0.4, 0.5) is 0 Å². The van der Waals surface area contributed by atoms with Gasteiger partial charge in [-0.3, -0.25) is 9.59 Å². The van der Waals surface area contributed by atoms with E-state index in [0.29, 0.717) is 30.8 Å². The van der Waals surface area contributed by atoms with Crippen molar-refractivity contribution in [2.45, 2.75) is 45.7 Å².